The minimum atomic E-state index is -0.387. The monoisotopic (exact) mass is 370 g/mol. The fourth-order valence-corrected chi connectivity index (χ4v) is 4.09. The second kappa shape index (κ2) is 7.03. The van der Waals surface area contributed by atoms with Gasteiger partial charge < -0.3 is 19.5 Å². The van der Waals surface area contributed by atoms with Gasteiger partial charge in [0.25, 0.3) is 5.69 Å². The van der Waals surface area contributed by atoms with Crippen LogP contribution in [0.2, 0.25) is 0 Å². The molecule has 2 aliphatic rings. The van der Waals surface area contributed by atoms with Crippen molar-refractivity contribution >= 4 is 17.3 Å². The Balaban J connectivity index is 1.61. The Bertz CT molecular complexity index is 851. The fourth-order valence-electron chi connectivity index (χ4n) is 4.09. The number of nitrogens with one attached hydrogen (secondary N) is 1. The molecule has 8 nitrogen and oxygen atoms in total. The van der Waals surface area contributed by atoms with Crippen molar-refractivity contribution in [2.75, 3.05) is 31.6 Å². The largest absolute Gasteiger partial charge is 0.467 e. The van der Waals surface area contributed by atoms with Crippen molar-refractivity contribution in [1.29, 1.82) is 0 Å². The lowest BCUT2D eigenvalue weighted by Gasteiger charge is -2.48. The van der Waals surface area contributed by atoms with E-state index in [1.807, 2.05) is 12.1 Å². The normalized spacial score (nSPS) is 22.0. The van der Waals surface area contributed by atoms with Crippen molar-refractivity contribution in [2.24, 2.45) is 5.92 Å². The molecule has 1 fully saturated rings. The number of nitrogens with zero attached hydrogens (tertiary/aromatic N) is 3. The Morgan fingerprint density at radius 3 is 2.96 bits per heavy atom. The zero-order chi connectivity index (χ0) is 19.0. The summed E-state index contributed by atoms with van der Waals surface area (Å²) in [6.07, 6.45) is 2.07. The lowest BCUT2D eigenvalue weighted by atomic mass is 9.83. The van der Waals surface area contributed by atoms with Crippen LogP contribution in [0.1, 0.15) is 11.3 Å². The molecular formula is C19H22N4O4. The number of fused-ring (bicyclic) bond motifs is 3. The molecule has 2 aliphatic heterocycles. The number of carbonyl (C=O) groups is 1. The lowest BCUT2D eigenvalue weighted by molar-refractivity contribution is -0.384. The van der Waals surface area contributed by atoms with Crippen LogP contribution >= 0.6 is 0 Å². The summed E-state index contributed by atoms with van der Waals surface area (Å²) in [5, 5.41) is 14.1. The lowest BCUT2D eigenvalue weighted by Crippen LogP contribution is -2.60. The predicted octanol–water partition coefficient (Wildman–Crippen LogP) is 1.80. The highest BCUT2D eigenvalue weighted by atomic mass is 16.6. The summed E-state index contributed by atoms with van der Waals surface area (Å²) < 4.78 is 5.28. The number of anilines is 1. The van der Waals surface area contributed by atoms with E-state index in [0.29, 0.717) is 18.7 Å². The van der Waals surface area contributed by atoms with Crippen molar-refractivity contribution in [1.82, 2.24) is 10.2 Å². The van der Waals surface area contributed by atoms with Gasteiger partial charge in [0.1, 0.15) is 5.76 Å². The molecule has 27 heavy (non-hydrogen) atoms. The minimum Gasteiger partial charge on any atom is -0.467 e. The molecule has 8 heteroatoms. The van der Waals surface area contributed by atoms with Crippen LogP contribution in [0.15, 0.2) is 41.0 Å². The number of likely N-dealkylation sites (N-methyl/N-ethyl adjacent to an activating group) is 1. The van der Waals surface area contributed by atoms with E-state index >= 15 is 0 Å². The van der Waals surface area contributed by atoms with Gasteiger partial charge in [0.15, 0.2) is 0 Å². The molecule has 142 valence electrons. The van der Waals surface area contributed by atoms with Gasteiger partial charge in [-0.1, -0.05) is 0 Å². The molecule has 1 N–H and O–H groups in total. The smallest absolute Gasteiger partial charge is 0.269 e. The summed E-state index contributed by atoms with van der Waals surface area (Å²) in [6.45, 7) is 2.82. The van der Waals surface area contributed by atoms with Gasteiger partial charge in [-0.3, -0.25) is 14.9 Å². The number of benzene rings is 1. The molecule has 2 atom stereocenters. The summed E-state index contributed by atoms with van der Waals surface area (Å²) in [4.78, 5) is 28.2. The van der Waals surface area contributed by atoms with E-state index in [4.69, 9.17) is 4.42 Å². The number of furan rings is 1. The van der Waals surface area contributed by atoms with E-state index in [-0.39, 0.29) is 28.5 Å². The summed E-state index contributed by atoms with van der Waals surface area (Å²) in [5.41, 5.74) is 1.94. The summed E-state index contributed by atoms with van der Waals surface area (Å²) in [7, 11) is 2.06. The first-order chi connectivity index (χ1) is 13.0. The highest BCUT2D eigenvalue weighted by molar-refractivity contribution is 5.82. The number of rotatable bonds is 4. The first-order valence-corrected chi connectivity index (χ1v) is 9.05. The third-order valence-corrected chi connectivity index (χ3v) is 5.46. The van der Waals surface area contributed by atoms with Gasteiger partial charge in [0.05, 0.1) is 29.7 Å². The fraction of sp³-hybridized carbons (Fsp3) is 0.421. The molecular weight excluding hydrogens is 348 g/mol. The van der Waals surface area contributed by atoms with E-state index in [2.05, 4.69) is 22.2 Å². The van der Waals surface area contributed by atoms with Crippen molar-refractivity contribution in [3.05, 3.63) is 58.0 Å². The quantitative estimate of drug-likeness (QED) is 0.652. The molecule has 3 heterocycles. The van der Waals surface area contributed by atoms with Crippen molar-refractivity contribution in [3.63, 3.8) is 0 Å². The van der Waals surface area contributed by atoms with Gasteiger partial charge >= 0.3 is 0 Å². The zero-order valence-electron chi connectivity index (χ0n) is 15.1. The first kappa shape index (κ1) is 17.5. The SMILES string of the molecule is CN1CCN2c3ccc([N+](=O)[O-])cc3C[C@@H](C(=O)NCc3ccco3)[C@@H]2C1. The van der Waals surface area contributed by atoms with E-state index in [9.17, 15) is 14.9 Å². The molecule has 4 rings (SSSR count). The van der Waals surface area contributed by atoms with E-state index < -0.39 is 0 Å². The number of amides is 1. The van der Waals surface area contributed by atoms with Gasteiger partial charge in [0, 0.05) is 37.5 Å². The van der Waals surface area contributed by atoms with Crippen LogP contribution in [0, 0.1) is 16.0 Å². The maximum absolute atomic E-state index is 13.0. The maximum Gasteiger partial charge on any atom is 0.269 e. The molecule has 0 saturated carbocycles. The molecule has 1 saturated heterocycles. The Morgan fingerprint density at radius 2 is 2.22 bits per heavy atom. The molecule has 0 bridgehead atoms. The Kier molecular flexibility index (Phi) is 4.57. The topological polar surface area (TPSA) is 91.9 Å². The average Bonchev–Trinajstić information content (AvgIpc) is 3.18. The third kappa shape index (κ3) is 3.40. The molecule has 0 aliphatic carbocycles. The van der Waals surface area contributed by atoms with Crippen LogP contribution in [0.5, 0.6) is 0 Å². The Labute approximate surface area is 156 Å². The predicted molar refractivity (Wildman–Crippen MR) is 99.5 cm³/mol. The van der Waals surface area contributed by atoms with Gasteiger partial charge in [-0.25, -0.2) is 0 Å². The van der Waals surface area contributed by atoms with Gasteiger partial charge in [-0.2, -0.15) is 0 Å². The number of piperazine rings is 1. The summed E-state index contributed by atoms with van der Waals surface area (Å²) in [5.74, 6) is 0.388. The summed E-state index contributed by atoms with van der Waals surface area (Å²) in [6, 6.07) is 8.63. The second-order valence-electron chi connectivity index (χ2n) is 7.20. The van der Waals surface area contributed by atoms with Gasteiger partial charge in [-0.15, -0.1) is 0 Å². The van der Waals surface area contributed by atoms with Crippen molar-refractivity contribution in [2.45, 2.75) is 19.0 Å². The number of hydrogen-bond donors (Lipinski definition) is 1. The Hall–Kier alpha value is -2.87. The van der Waals surface area contributed by atoms with Crippen LogP contribution in [-0.2, 0) is 17.8 Å². The molecule has 0 radical (unpaired) electrons. The number of nitro benzene ring substituents is 1. The number of hydrogen-bond acceptors (Lipinski definition) is 6. The third-order valence-electron chi connectivity index (χ3n) is 5.46. The van der Waals surface area contributed by atoms with Gasteiger partial charge in [-0.05, 0) is 37.2 Å². The van der Waals surface area contributed by atoms with Crippen LogP contribution < -0.4 is 10.2 Å². The molecule has 0 spiro atoms. The molecule has 1 amide bonds. The number of non-ortho nitro benzene ring substituents is 1. The zero-order valence-corrected chi connectivity index (χ0v) is 15.1. The second-order valence-corrected chi connectivity index (χ2v) is 7.20. The van der Waals surface area contributed by atoms with Crippen LogP contribution in [0.25, 0.3) is 0 Å². The minimum absolute atomic E-state index is 0.0474. The van der Waals surface area contributed by atoms with Crippen LogP contribution in [-0.4, -0.2) is 48.5 Å². The molecule has 1 aromatic carbocycles. The number of nitro groups is 1. The Morgan fingerprint density at radius 1 is 1.37 bits per heavy atom. The van der Waals surface area contributed by atoms with Crippen molar-refractivity contribution in [3.8, 4) is 0 Å². The first-order valence-electron chi connectivity index (χ1n) is 9.05. The maximum atomic E-state index is 13.0. The average molecular weight is 370 g/mol. The molecule has 0 unspecified atom stereocenters. The van der Waals surface area contributed by atoms with Gasteiger partial charge in [0.2, 0.25) is 5.91 Å². The molecule has 2 aromatic rings. The summed E-state index contributed by atoms with van der Waals surface area (Å²) >= 11 is 0. The van der Waals surface area contributed by atoms with E-state index in [1.165, 1.54) is 0 Å². The standard InChI is InChI=1S/C19H22N4O4/c1-21-6-7-22-17-5-4-14(23(25)26)9-13(17)10-16(18(22)12-21)19(24)20-11-15-3-2-8-27-15/h2-5,8-9,16,18H,6-7,10-12H2,1H3,(H,20,24)/t16-,18+/m1/s1. The van der Waals surface area contributed by atoms with Crippen LogP contribution in [0.3, 0.4) is 0 Å². The van der Waals surface area contributed by atoms with Crippen LogP contribution in [0.4, 0.5) is 11.4 Å². The highest BCUT2D eigenvalue weighted by Crippen LogP contribution is 2.37. The van der Waals surface area contributed by atoms with E-state index in [1.54, 1.807) is 24.5 Å². The highest BCUT2D eigenvalue weighted by Gasteiger charge is 2.41. The molecule has 1 aromatic heterocycles. The number of carbonyl (C=O) groups excluding carboxylic acids is 1. The van der Waals surface area contributed by atoms with Crippen molar-refractivity contribution < 1.29 is 14.1 Å². The van der Waals surface area contributed by atoms with E-state index in [0.717, 1.165) is 30.9 Å².